The number of nitrogens with zero attached hydrogens (tertiary/aromatic N) is 1. The third-order valence-corrected chi connectivity index (χ3v) is 4.62. The fourth-order valence-electron chi connectivity index (χ4n) is 2.23. The molecule has 5 heteroatoms. The summed E-state index contributed by atoms with van der Waals surface area (Å²) in [7, 11) is 0. The lowest BCUT2D eigenvalue weighted by Gasteiger charge is -2.17. The Bertz CT molecular complexity index is 712. The molecule has 0 fully saturated rings. The van der Waals surface area contributed by atoms with Gasteiger partial charge in [-0.3, -0.25) is 11.3 Å². The number of aromatic nitrogens is 1. The Morgan fingerprint density at radius 3 is 2.90 bits per heavy atom. The molecule has 102 valence electrons. The van der Waals surface area contributed by atoms with Gasteiger partial charge in [-0.2, -0.15) is 11.3 Å². The number of nitrogens with one attached hydrogen (secondary N) is 1. The third-order valence-electron chi connectivity index (χ3n) is 3.26. The molecule has 1 aromatic carbocycles. The predicted octanol–water partition coefficient (Wildman–Crippen LogP) is 3.81. The molecule has 0 bridgehead atoms. The minimum absolute atomic E-state index is 0.0106. The molecule has 0 saturated carbocycles. The van der Waals surface area contributed by atoms with Gasteiger partial charge in [0.2, 0.25) is 0 Å². The second-order valence-electron chi connectivity index (χ2n) is 4.60. The van der Waals surface area contributed by atoms with Gasteiger partial charge in [0.1, 0.15) is 0 Å². The monoisotopic (exact) mass is 347 g/mol. The minimum Gasteiger partial charge on any atom is -0.271 e. The number of halogens is 1. The summed E-state index contributed by atoms with van der Waals surface area (Å²) in [5.74, 6) is 5.73. The highest BCUT2D eigenvalue weighted by molar-refractivity contribution is 9.10. The van der Waals surface area contributed by atoms with Crippen molar-refractivity contribution in [2.45, 2.75) is 12.5 Å². The van der Waals surface area contributed by atoms with Crippen molar-refractivity contribution in [1.29, 1.82) is 0 Å². The SMILES string of the molecule is NNC(Cc1ccsc1)c1nc2ccccc2cc1Br. The molecule has 0 spiro atoms. The Morgan fingerprint density at radius 2 is 2.15 bits per heavy atom. The molecular weight excluding hydrogens is 334 g/mol. The number of benzene rings is 1. The molecule has 0 amide bonds. The van der Waals surface area contributed by atoms with E-state index in [2.05, 4.69) is 50.3 Å². The van der Waals surface area contributed by atoms with Gasteiger partial charge in [-0.25, -0.2) is 4.98 Å². The smallest absolute Gasteiger partial charge is 0.0739 e. The standard InChI is InChI=1S/C15H14BrN3S/c16-12-8-11-3-1-2-4-13(11)18-15(12)14(19-17)7-10-5-6-20-9-10/h1-6,8-9,14,19H,7,17H2. The number of para-hydroxylation sites is 1. The van der Waals surface area contributed by atoms with Crippen molar-refractivity contribution in [1.82, 2.24) is 10.4 Å². The number of hydrogen-bond acceptors (Lipinski definition) is 4. The van der Waals surface area contributed by atoms with Gasteiger partial charge < -0.3 is 0 Å². The summed E-state index contributed by atoms with van der Waals surface area (Å²) in [6, 6.07) is 12.3. The Hall–Kier alpha value is -1.27. The van der Waals surface area contributed by atoms with E-state index in [-0.39, 0.29) is 6.04 Å². The first-order valence-corrected chi connectivity index (χ1v) is 8.04. The van der Waals surface area contributed by atoms with Crippen molar-refractivity contribution in [3.8, 4) is 0 Å². The van der Waals surface area contributed by atoms with Crippen molar-refractivity contribution < 1.29 is 0 Å². The maximum atomic E-state index is 5.73. The van der Waals surface area contributed by atoms with Gasteiger partial charge >= 0.3 is 0 Å². The molecule has 2 heterocycles. The Morgan fingerprint density at radius 1 is 1.30 bits per heavy atom. The minimum atomic E-state index is -0.0106. The first-order valence-electron chi connectivity index (χ1n) is 6.30. The maximum Gasteiger partial charge on any atom is 0.0739 e. The molecule has 3 nitrogen and oxygen atoms in total. The van der Waals surface area contributed by atoms with Gasteiger partial charge in [-0.15, -0.1) is 0 Å². The third kappa shape index (κ3) is 2.76. The van der Waals surface area contributed by atoms with Crippen LogP contribution in [0.25, 0.3) is 10.9 Å². The molecule has 0 aliphatic rings. The van der Waals surface area contributed by atoms with E-state index in [0.717, 1.165) is 27.5 Å². The van der Waals surface area contributed by atoms with Gasteiger partial charge in [0.05, 0.1) is 17.3 Å². The van der Waals surface area contributed by atoms with Crippen molar-refractivity contribution in [2.24, 2.45) is 5.84 Å². The quantitative estimate of drug-likeness (QED) is 0.557. The lowest BCUT2D eigenvalue weighted by molar-refractivity contribution is 0.538. The lowest BCUT2D eigenvalue weighted by Crippen LogP contribution is -2.30. The van der Waals surface area contributed by atoms with E-state index >= 15 is 0 Å². The molecule has 20 heavy (non-hydrogen) atoms. The molecule has 3 aromatic rings. The van der Waals surface area contributed by atoms with Crippen LogP contribution >= 0.6 is 27.3 Å². The summed E-state index contributed by atoms with van der Waals surface area (Å²) in [5, 5.41) is 5.33. The van der Waals surface area contributed by atoms with Crippen molar-refractivity contribution >= 4 is 38.2 Å². The van der Waals surface area contributed by atoms with Gasteiger partial charge in [0.25, 0.3) is 0 Å². The normalized spacial score (nSPS) is 12.7. The fourth-order valence-corrected chi connectivity index (χ4v) is 3.52. The Balaban J connectivity index is 2.00. The average Bonchev–Trinajstić information content (AvgIpc) is 2.97. The predicted molar refractivity (Wildman–Crippen MR) is 87.5 cm³/mol. The topological polar surface area (TPSA) is 50.9 Å². The summed E-state index contributed by atoms with van der Waals surface area (Å²) < 4.78 is 0.981. The van der Waals surface area contributed by atoms with E-state index in [1.165, 1.54) is 5.56 Å². The summed E-state index contributed by atoms with van der Waals surface area (Å²) in [6.45, 7) is 0. The zero-order valence-electron chi connectivity index (χ0n) is 10.7. The molecule has 0 radical (unpaired) electrons. The van der Waals surface area contributed by atoms with E-state index in [1.54, 1.807) is 11.3 Å². The van der Waals surface area contributed by atoms with Crippen molar-refractivity contribution in [3.63, 3.8) is 0 Å². The fraction of sp³-hybridized carbons (Fsp3) is 0.133. The molecule has 0 aliphatic heterocycles. The van der Waals surface area contributed by atoms with E-state index in [0.29, 0.717) is 0 Å². The van der Waals surface area contributed by atoms with E-state index in [1.807, 2.05) is 18.2 Å². The number of pyridine rings is 1. The summed E-state index contributed by atoms with van der Waals surface area (Å²) in [5.41, 5.74) is 6.06. The number of rotatable bonds is 4. The Kier molecular flexibility index (Phi) is 4.12. The maximum absolute atomic E-state index is 5.73. The average molecular weight is 348 g/mol. The van der Waals surface area contributed by atoms with Crippen LogP contribution in [0.3, 0.4) is 0 Å². The van der Waals surface area contributed by atoms with Gasteiger partial charge in [-0.1, -0.05) is 18.2 Å². The zero-order chi connectivity index (χ0) is 13.9. The number of hydrazine groups is 1. The van der Waals surface area contributed by atoms with Crippen LogP contribution in [0, 0.1) is 0 Å². The van der Waals surface area contributed by atoms with Crippen molar-refractivity contribution in [3.05, 3.63) is 62.9 Å². The van der Waals surface area contributed by atoms with Crippen LogP contribution < -0.4 is 11.3 Å². The summed E-state index contributed by atoms with van der Waals surface area (Å²) >= 11 is 5.30. The second kappa shape index (κ2) is 6.01. The van der Waals surface area contributed by atoms with Gasteiger partial charge in [0, 0.05) is 9.86 Å². The van der Waals surface area contributed by atoms with Gasteiger partial charge in [0.15, 0.2) is 0 Å². The van der Waals surface area contributed by atoms with Crippen LogP contribution in [0.15, 0.2) is 51.6 Å². The van der Waals surface area contributed by atoms with Crippen LogP contribution in [0.5, 0.6) is 0 Å². The van der Waals surface area contributed by atoms with Crippen molar-refractivity contribution in [2.75, 3.05) is 0 Å². The number of fused-ring (bicyclic) bond motifs is 1. The number of hydrogen-bond donors (Lipinski definition) is 2. The first-order chi connectivity index (χ1) is 9.78. The van der Waals surface area contributed by atoms with E-state index in [9.17, 15) is 0 Å². The zero-order valence-corrected chi connectivity index (χ0v) is 13.1. The lowest BCUT2D eigenvalue weighted by atomic mass is 10.0. The summed E-state index contributed by atoms with van der Waals surface area (Å²) in [4.78, 5) is 4.74. The number of thiophene rings is 1. The molecular formula is C15H14BrN3S. The van der Waals surface area contributed by atoms with Crippen LogP contribution in [-0.4, -0.2) is 4.98 Å². The second-order valence-corrected chi connectivity index (χ2v) is 6.24. The molecule has 3 N–H and O–H groups in total. The number of nitrogens with two attached hydrogens (primary N) is 1. The molecule has 1 atom stereocenters. The van der Waals surface area contributed by atoms with E-state index in [4.69, 9.17) is 10.8 Å². The van der Waals surface area contributed by atoms with Crippen LogP contribution in [-0.2, 0) is 6.42 Å². The summed E-state index contributed by atoms with van der Waals surface area (Å²) in [6.07, 6.45) is 0.823. The Labute approximate surface area is 129 Å². The van der Waals surface area contributed by atoms with E-state index < -0.39 is 0 Å². The highest BCUT2D eigenvalue weighted by atomic mass is 79.9. The molecule has 0 saturated heterocycles. The molecule has 2 aromatic heterocycles. The molecule has 1 unspecified atom stereocenters. The van der Waals surface area contributed by atoms with Crippen LogP contribution in [0.2, 0.25) is 0 Å². The highest BCUT2D eigenvalue weighted by Gasteiger charge is 2.16. The van der Waals surface area contributed by atoms with Crippen LogP contribution in [0.4, 0.5) is 0 Å². The highest BCUT2D eigenvalue weighted by Crippen LogP contribution is 2.28. The molecule has 0 aliphatic carbocycles. The van der Waals surface area contributed by atoms with Crippen LogP contribution in [0.1, 0.15) is 17.3 Å². The van der Waals surface area contributed by atoms with Gasteiger partial charge in [-0.05, 0) is 56.9 Å². The molecule has 3 rings (SSSR count). The first kappa shape index (κ1) is 13.7. The largest absolute Gasteiger partial charge is 0.271 e.